The molecule has 0 amide bonds. The molecule has 0 radical (unpaired) electrons. The molecule has 3 heterocycles. The monoisotopic (exact) mass is 361 g/mol. The Morgan fingerprint density at radius 1 is 1.12 bits per heavy atom. The Morgan fingerprint density at radius 3 is 2.67 bits per heavy atom. The van der Waals surface area contributed by atoms with Crippen LogP contribution >= 0.6 is 23.2 Å². The van der Waals surface area contributed by atoms with Gasteiger partial charge in [0, 0.05) is 42.1 Å². The van der Waals surface area contributed by atoms with Gasteiger partial charge in [-0.1, -0.05) is 34.4 Å². The van der Waals surface area contributed by atoms with Gasteiger partial charge in [0.2, 0.25) is 17.5 Å². The summed E-state index contributed by atoms with van der Waals surface area (Å²) in [5.74, 6) is 1.73. The lowest BCUT2D eigenvalue weighted by molar-refractivity contribution is 0.117. The summed E-state index contributed by atoms with van der Waals surface area (Å²) in [7, 11) is 0. The van der Waals surface area contributed by atoms with Crippen molar-refractivity contribution in [2.75, 3.05) is 13.1 Å². The maximum Gasteiger partial charge on any atom is 0.240 e. The number of benzene rings is 1. The zero-order valence-corrected chi connectivity index (χ0v) is 14.1. The highest BCUT2D eigenvalue weighted by Gasteiger charge is 2.33. The maximum absolute atomic E-state index is 6.21. The zero-order valence-electron chi connectivity index (χ0n) is 12.6. The van der Waals surface area contributed by atoms with Crippen LogP contribution < -0.4 is 0 Å². The minimum absolute atomic E-state index is 0.223. The van der Waals surface area contributed by atoms with Crippen molar-refractivity contribution in [2.24, 2.45) is 0 Å². The van der Waals surface area contributed by atoms with E-state index in [2.05, 4.69) is 25.0 Å². The van der Waals surface area contributed by atoms with Crippen LogP contribution in [-0.2, 0) is 6.54 Å². The number of hydrogen-bond acceptors (Lipinski definition) is 6. The second-order valence-corrected chi connectivity index (χ2v) is 6.50. The summed E-state index contributed by atoms with van der Waals surface area (Å²) in [5.41, 5.74) is 1.06. The van der Waals surface area contributed by atoms with E-state index in [1.54, 1.807) is 24.5 Å². The summed E-state index contributed by atoms with van der Waals surface area (Å²) in [6, 6.07) is 7.32. The first-order valence-electron chi connectivity index (χ1n) is 7.46. The molecule has 8 heteroatoms. The Kier molecular flexibility index (Phi) is 4.18. The lowest BCUT2D eigenvalue weighted by Gasteiger charge is -2.37. The van der Waals surface area contributed by atoms with Crippen molar-refractivity contribution in [1.82, 2.24) is 25.0 Å². The van der Waals surface area contributed by atoms with Crippen molar-refractivity contribution in [1.29, 1.82) is 0 Å². The highest BCUT2D eigenvalue weighted by molar-refractivity contribution is 6.35. The van der Waals surface area contributed by atoms with Gasteiger partial charge in [-0.3, -0.25) is 4.90 Å². The minimum Gasteiger partial charge on any atom is -0.338 e. The Bertz CT molecular complexity index is 849. The van der Waals surface area contributed by atoms with Gasteiger partial charge in [-0.2, -0.15) is 4.98 Å². The first-order chi connectivity index (χ1) is 11.7. The van der Waals surface area contributed by atoms with Crippen LogP contribution in [0.4, 0.5) is 0 Å². The number of nitrogens with zero attached hydrogens (tertiary/aromatic N) is 5. The topological polar surface area (TPSA) is 67.9 Å². The average Bonchev–Trinajstić information content (AvgIpc) is 3.02. The van der Waals surface area contributed by atoms with E-state index < -0.39 is 0 Å². The molecule has 1 aromatic carbocycles. The molecular formula is C16H13Cl2N5O. The molecule has 1 fully saturated rings. The van der Waals surface area contributed by atoms with Crippen molar-refractivity contribution < 1.29 is 4.52 Å². The van der Waals surface area contributed by atoms with E-state index in [1.165, 1.54) is 0 Å². The van der Waals surface area contributed by atoms with Gasteiger partial charge < -0.3 is 4.52 Å². The third kappa shape index (κ3) is 3.13. The molecule has 4 rings (SSSR count). The molecule has 0 spiro atoms. The minimum atomic E-state index is 0.223. The van der Waals surface area contributed by atoms with Crippen LogP contribution in [0.5, 0.6) is 0 Å². The molecule has 24 heavy (non-hydrogen) atoms. The standard InChI is InChI=1S/C16H13Cl2N5O/c17-12-3-2-10(13(18)6-12)7-23-8-11(9-23)16-21-15(22-24-16)14-19-4-1-5-20-14/h1-6,11H,7-9H2. The van der Waals surface area contributed by atoms with Crippen molar-refractivity contribution in [3.8, 4) is 11.6 Å². The third-order valence-corrected chi connectivity index (χ3v) is 4.51. The molecule has 0 aliphatic carbocycles. The first-order valence-corrected chi connectivity index (χ1v) is 8.22. The molecule has 6 nitrogen and oxygen atoms in total. The van der Waals surface area contributed by atoms with Gasteiger partial charge in [0.25, 0.3) is 0 Å². The molecule has 1 aliphatic rings. The van der Waals surface area contributed by atoms with Crippen molar-refractivity contribution in [3.63, 3.8) is 0 Å². The summed E-state index contributed by atoms with van der Waals surface area (Å²) in [6.45, 7) is 2.46. The fraction of sp³-hybridized carbons (Fsp3) is 0.250. The van der Waals surface area contributed by atoms with Gasteiger partial charge in [-0.15, -0.1) is 0 Å². The molecule has 0 N–H and O–H groups in total. The largest absolute Gasteiger partial charge is 0.338 e. The highest BCUT2D eigenvalue weighted by atomic mass is 35.5. The predicted octanol–water partition coefficient (Wildman–Crippen LogP) is 3.43. The number of likely N-dealkylation sites (tertiary alicyclic amines) is 1. The summed E-state index contributed by atoms with van der Waals surface area (Å²) in [5, 5.41) is 5.29. The van der Waals surface area contributed by atoms with Gasteiger partial charge >= 0.3 is 0 Å². The number of hydrogen-bond donors (Lipinski definition) is 0. The smallest absolute Gasteiger partial charge is 0.240 e. The van der Waals surface area contributed by atoms with Crippen LogP contribution in [0, 0.1) is 0 Å². The Morgan fingerprint density at radius 2 is 1.92 bits per heavy atom. The van der Waals surface area contributed by atoms with Crippen LogP contribution in [0.2, 0.25) is 10.0 Å². The fourth-order valence-corrected chi connectivity index (χ4v) is 3.12. The van der Waals surface area contributed by atoms with E-state index in [-0.39, 0.29) is 5.92 Å². The summed E-state index contributed by atoms with van der Waals surface area (Å²) >= 11 is 12.1. The molecule has 0 bridgehead atoms. The van der Waals surface area contributed by atoms with Crippen LogP contribution in [0.1, 0.15) is 17.4 Å². The average molecular weight is 362 g/mol. The van der Waals surface area contributed by atoms with Crippen LogP contribution in [0.15, 0.2) is 41.2 Å². The van der Waals surface area contributed by atoms with E-state index in [0.717, 1.165) is 25.2 Å². The van der Waals surface area contributed by atoms with Gasteiger partial charge in [0.15, 0.2) is 0 Å². The van der Waals surface area contributed by atoms with Crippen molar-refractivity contribution in [2.45, 2.75) is 12.5 Å². The molecule has 0 atom stereocenters. The van der Waals surface area contributed by atoms with E-state index in [9.17, 15) is 0 Å². The van der Waals surface area contributed by atoms with Crippen LogP contribution in [0.3, 0.4) is 0 Å². The number of aromatic nitrogens is 4. The molecule has 2 aromatic heterocycles. The van der Waals surface area contributed by atoms with E-state index in [4.69, 9.17) is 27.7 Å². The third-order valence-electron chi connectivity index (χ3n) is 3.92. The van der Waals surface area contributed by atoms with E-state index in [1.807, 2.05) is 12.1 Å². The molecule has 1 aliphatic heterocycles. The van der Waals surface area contributed by atoms with E-state index >= 15 is 0 Å². The molecular weight excluding hydrogens is 349 g/mol. The predicted molar refractivity (Wildman–Crippen MR) is 89.8 cm³/mol. The Hall–Kier alpha value is -2.02. The highest BCUT2D eigenvalue weighted by Crippen LogP contribution is 2.30. The van der Waals surface area contributed by atoms with Gasteiger partial charge in [-0.05, 0) is 23.8 Å². The molecule has 0 unspecified atom stereocenters. The Balaban J connectivity index is 1.38. The lowest BCUT2D eigenvalue weighted by Crippen LogP contribution is -2.44. The fourth-order valence-electron chi connectivity index (χ4n) is 2.65. The quantitative estimate of drug-likeness (QED) is 0.708. The van der Waals surface area contributed by atoms with E-state index in [0.29, 0.717) is 27.6 Å². The van der Waals surface area contributed by atoms with Crippen molar-refractivity contribution >= 4 is 23.2 Å². The maximum atomic E-state index is 6.21. The van der Waals surface area contributed by atoms with Crippen molar-refractivity contribution in [3.05, 3.63) is 58.2 Å². The molecule has 122 valence electrons. The lowest BCUT2D eigenvalue weighted by atomic mass is 9.99. The normalized spacial score (nSPS) is 15.4. The molecule has 1 saturated heterocycles. The SMILES string of the molecule is Clc1ccc(CN2CC(c3nc(-c4ncccn4)no3)C2)c(Cl)c1. The first kappa shape index (κ1) is 15.5. The summed E-state index contributed by atoms with van der Waals surface area (Å²) in [6.07, 6.45) is 3.30. The molecule has 3 aromatic rings. The summed E-state index contributed by atoms with van der Waals surface area (Å²) in [4.78, 5) is 14.9. The van der Waals surface area contributed by atoms with Gasteiger partial charge in [0.1, 0.15) is 0 Å². The number of rotatable bonds is 4. The number of halogens is 2. The van der Waals surface area contributed by atoms with Crippen LogP contribution in [0.25, 0.3) is 11.6 Å². The Labute approximate surface area is 148 Å². The summed E-state index contributed by atoms with van der Waals surface area (Å²) < 4.78 is 5.35. The van der Waals surface area contributed by atoms with Gasteiger partial charge in [0.05, 0.1) is 5.92 Å². The molecule has 0 saturated carbocycles. The zero-order chi connectivity index (χ0) is 16.5. The second kappa shape index (κ2) is 6.47. The second-order valence-electron chi connectivity index (χ2n) is 5.66. The van der Waals surface area contributed by atoms with Crippen LogP contribution in [-0.4, -0.2) is 38.1 Å². The van der Waals surface area contributed by atoms with Gasteiger partial charge in [-0.25, -0.2) is 9.97 Å².